The number of hydrogen-bond acceptors (Lipinski definition) is 5. The zero-order chi connectivity index (χ0) is 25.2. The van der Waals surface area contributed by atoms with Crippen molar-refractivity contribution in [2.24, 2.45) is 7.05 Å². The van der Waals surface area contributed by atoms with E-state index in [0.29, 0.717) is 17.3 Å². The molecule has 2 amide bonds. The number of nitrogens with zero attached hydrogens (tertiary/aromatic N) is 4. The Morgan fingerprint density at radius 1 is 0.971 bits per heavy atom. The molecule has 4 rings (SSSR count). The number of aromatic nitrogens is 4. The van der Waals surface area contributed by atoms with Crippen molar-refractivity contribution in [3.63, 3.8) is 0 Å². The number of carbonyl (C=O) groups is 1. The summed E-state index contributed by atoms with van der Waals surface area (Å²) >= 11 is 0. The molecule has 13 heteroatoms. The number of ether oxygens (including phenoxy) is 1. The van der Waals surface area contributed by atoms with Gasteiger partial charge in [0.1, 0.15) is 23.7 Å². The van der Waals surface area contributed by atoms with Crippen LogP contribution in [0, 0.1) is 11.6 Å². The first-order valence-corrected chi connectivity index (χ1v) is 9.82. The highest BCUT2D eigenvalue weighted by Crippen LogP contribution is 2.31. The number of carbonyl (C=O) groups excluding carboxylic acids is 1. The highest BCUT2D eigenvalue weighted by Gasteiger charge is 2.31. The van der Waals surface area contributed by atoms with Gasteiger partial charge < -0.3 is 15.4 Å². The van der Waals surface area contributed by atoms with Crippen molar-refractivity contribution < 1.29 is 31.5 Å². The fourth-order valence-corrected chi connectivity index (χ4v) is 2.96. The van der Waals surface area contributed by atoms with E-state index in [-0.39, 0.29) is 23.4 Å². The molecule has 0 fully saturated rings. The van der Waals surface area contributed by atoms with E-state index in [1.807, 2.05) is 5.32 Å². The van der Waals surface area contributed by atoms with Crippen LogP contribution in [0.4, 0.5) is 38.1 Å². The minimum Gasteiger partial charge on any atom is -0.439 e. The second-order valence-electron chi connectivity index (χ2n) is 7.16. The standard InChI is InChI=1S/C22H15F5N6O2/c1-33-10-12(9-30-33)18-8-20(29-11-28-18)35-14-3-4-15(23)19(7-14)32-21(34)31-17-5-2-13(6-16(17)24)22(25,26)27/h2-11H,1H3,(H2,31,32,34). The van der Waals surface area contributed by atoms with Crippen LogP contribution >= 0.6 is 0 Å². The predicted octanol–water partition coefficient (Wildman–Crippen LogP) is 5.61. The molecule has 0 saturated carbocycles. The van der Waals surface area contributed by atoms with Gasteiger partial charge in [0.15, 0.2) is 0 Å². The zero-order valence-electron chi connectivity index (χ0n) is 17.8. The molecule has 4 aromatic rings. The van der Waals surface area contributed by atoms with Crippen LogP contribution in [0.25, 0.3) is 11.3 Å². The van der Waals surface area contributed by atoms with Crippen LogP contribution in [0.3, 0.4) is 0 Å². The summed E-state index contributed by atoms with van der Waals surface area (Å²) in [5.41, 5.74) is -0.816. The molecular weight excluding hydrogens is 475 g/mol. The fraction of sp³-hybridized carbons (Fsp3) is 0.0909. The zero-order valence-corrected chi connectivity index (χ0v) is 17.8. The number of benzene rings is 2. The average Bonchev–Trinajstić information content (AvgIpc) is 3.23. The summed E-state index contributed by atoms with van der Waals surface area (Å²) in [6.45, 7) is 0. The summed E-state index contributed by atoms with van der Waals surface area (Å²) in [7, 11) is 1.75. The van der Waals surface area contributed by atoms with Crippen molar-refractivity contribution in [3.8, 4) is 22.9 Å². The largest absolute Gasteiger partial charge is 0.439 e. The van der Waals surface area contributed by atoms with Gasteiger partial charge in [0, 0.05) is 30.9 Å². The second-order valence-corrected chi connectivity index (χ2v) is 7.16. The van der Waals surface area contributed by atoms with Gasteiger partial charge in [0.05, 0.1) is 28.8 Å². The molecule has 0 atom stereocenters. The normalized spacial score (nSPS) is 11.3. The molecule has 2 aromatic heterocycles. The van der Waals surface area contributed by atoms with Crippen molar-refractivity contribution in [1.29, 1.82) is 0 Å². The van der Waals surface area contributed by atoms with E-state index in [2.05, 4.69) is 20.4 Å². The Balaban J connectivity index is 1.47. The SMILES string of the molecule is Cn1cc(-c2cc(Oc3ccc(F)c(NC(=O)Nc4ccc(C(F)(F)F)cc4F)c3)ncn2)cn1. The van der Waals surface area contributed by atoms with Crippen LogP contribution in [-0.4, -0.2) is 25.8 Å². The third-order valence-corrected chi connectivity index (χ3v) is 4.60. The van der Waals surface area contributed by atoms with Gasteiger partial charge in [-0.15, -0.1) is 0 Å². The molecule has 2 N–H and O–H groups in total. The summed E-state index contributed by atoms with van der Waals surface area (Å²) in [4.78, 5) is 20.3. The Bertz CT molecular complexity index is 1390. The third kappa shape index (κ3) is 5.69. The lowest BCUT2D eigenvalue weighted by molar-refractivity contribution is -0.137. The minimum atomic E-state index is -4.74. The molecule has 0 unspecified atom stereocenters. The van der Waals surface area contributed by atoms with Gasteiger partial charge in [-0.1, -0.05) is 0 Å². The summed E-state index contributed by atoms with van der Waals surface area (Å²) < 4.78 is 73.4. The van der Waals surface area contributed by atoms with E-state index in [9.17, 15) is 26.7 Å². The van der Waals surface area contributed by atoms with E-state index in [0.717, 1.165) is 18.2 Å². The lowest BCUT2D eigenvalue weighted by atomic mass is 10.2. The molecule has 2 aromatic carbocycles. The van der Waals surface area contributed by atoms with Crippen molar-refractivity contribution in [2.45, 2.75) is 6.18 Å². The smallest absolute Gasteiger partial charge is 0.416 e. The predicted molar refractivity (Wildman–Crippen MR) is 115 cm³/mol. The van der Waals surface area contributed by atoms with Gasteiger partial charge in [-0.05, 0) is 30.3 Å². The van der Waals surface area contributed by atoms with Gasteiger partial charge in [-0.3, -0.25) is 4.68 Å². The molecule has 0 bridgehead atoms. The Morgan fingerprint density at radius 3 is 2.43 bits per heavy atom. The van der Waals surface area contributed by atoms with Crippen molar-refractivity contribution in [2.75, 3.05) is 10.6 Å². The first-order chi connectivity index (χ1) is 16.6. The van der Waals surface area contributed by atoms with E-state index >= 15 is 0 Å². The molecule has 0 aliphatic rings. The van der Waals surface area contributed by atoms with Gasteiger partial charge in [-0.25, -0.2) is 23.5 Å². The lowest BCUT2D eigenvalue weighted by Gasteiger charge is -2.12. The van der Waals surface area contributed by atoms with Crippen LogP contribution in [0.15, 0.2) is 61.2 Å². The number of hydrogen-bond donors (Lipinski definition) is 2. The van der Waals surface area contributed by atoms with Gasteiger partial charge in [-0.2, -0.15) is 18.3 Å². The summed E-state index contributed by atoms with van der Waals surface area (Å²) in [5, 5.41) is 8.25. The molecule has 0 spiro atoms. The van der Waals surface area contributed by atoms with E-state index < -0.39 is 35.1 Å². The number of halogens is 5. The molecule has 2 heterocycles. The maximum Gasteiger partial charge on any atom is 0.416 e. The lowest BCUT2D eigenvalue weighted by Crippen LogP contribution is -2.21. The van der Waals surface area contributed by atoms with Crippen LogP contribution < -0.4 is 15.4 Å². The Kier molecular flexibility index (Phi) is 6.32. The van der Waals surface area contributed by atoms with Gasteiger partial charge in [0.25, 0.3) is 0 Å². The van der Waals surface area contributed by atoms with Gasteiger partial charge in [0.2, 0.25) is 5.88 Å². The molecule has 0 radical (unpaired) electrons. The Morgan fingerprint density at radius 2 is 1.74 bits per heavy atom. The minimum absolute atomic E-state index is 0.109. The number of urea groups is 1. The summed E-state index contributed by atoms with van der Waals surface area (Å²) in [6, 6.07) is 5.52. The molecule has 0 saturated heterocycles. The highest BCUT2D eigenvalue weighted by molar-refractivity contribution is 6.00. The maximum absolute atomic E-state index is 14.2. The quantitative estimate of drug-likeness (QED) is 0.355. The second kappa shape index (κ2) is 9.37. The van der Waals surface area contributed by atoms with E-state index in [1.165, 1.54) is 18.5 Å². The number of alkyl halides is 3. The first-order valence-electron chi connectivity index (χ1n) is 9.82. The van der Waals surface area contributed by atoms with Crippen molar-refractivity contribution >= 4 is 17.4 Å². The highest BCUT2D eigenvalue weighted by atomic mass is 19.4. The van der Waals surface area contributed by atoms with Crippen molar-refractivity contribution in [1.82, 2.24) is 19.7 Å². The molecule has 180 valence electrons. The molecule has 0 aliphatic heterocycles. The van der Waals surface area contributed by atoms with Crippen molar-refractivity contribution in [3.05, 3.63) is 78.4 Å². The summed E-state index contributed by atoms with van der Waals surface area (Å²) in [6.07, 6.45) is -0.131. The number of nitrogens with one attached hydrogen (secondary N) is 2. The van der Waals surface area contributed by atoms with Gasteiger partial charge >= 0.3 is 12.2 Å². The monoisotopic (exact) mass is 490 g/mol. The van der Waals surface area contributed by atoms with Crippen LogP contribution in [0.1, 0.15) is 5.56 Å². The molecule has 35 heavy (non-hydrogen) atoms. The van der Waals surface area contributed by atoms with E-state index in [1.54, 1.807) is 24.1 Å². The fourth-order valence-electron chi connectivity index (χ4n) is 2.96. The van der Waals surface area contributed by atoms with E-state index in [4.69, 9.17) is 4.74 Å². The van der Waals surface area contributed by atoms with Crippen LogP contribution in [0.2, 0.25) is 0 Å². The van der Waals surface area contributed by atoms with Crippen LogP contribution in [-0.2, 0) is 13.2 Å². The number of aryl methyl sites for hydroxylation is 1. The maximum atomic E-state index is 14.2. The number of rotatable bonds is 5. The molecule has 8 nitrogen and oxygen atoms in total. The Hall–Kier alpha value is -4.55. The molecular formula is C22H15F5N6O2. The average molecular weight is 490 g/mol. The van der Waals surface area contributed by atoms with Crippen LogP contribution in [0.5, 0.6) is 11.6 Å². The number of amides is 2. The third-order valence-electron chi connectivity index (χ3n) is 4.60. The number of anilines is 2. The Labute approximate surface area is 194 Å². The topological polar surface area (TPSA) is 94.0 Å². The molecule has 0 aliphatic carbocycles. The summed E-state index contributed by atoms with van der Waals surface area (Å²) in [5.74, 6) is -1.90. The first kappa shape index (κ1) is 23.6.